The van der Waals surface area contributed by atoms with E-state index in [-0.39, 0.29) is 10.4 Å². The third-order valence-corrected chi connectivity index (χ3v) is 6.34. The second-order valence-electron chi connectivity index (χ2n) is 6.77. The Morgan fingerprint density at radius 3 is 2.50 bits per heavy atom. The Balaban J connectivity index is 1.73. The van der Waals surface area contributed by atoms with Gasteiger partial charge in [0.2, 0.25) is 10.0 Å². The first kappa shape index (κ1) is 15.9. The van der Waals surface area contributed by atoms with Gasteiger partial charge in [-0.25, -0.2) is 13.1 Å². The van der Waals surface area contributed by atoms with Crippen LogP contribution in [0.4, 0.5) is 0 Å². The highest BCUT2D eigenvalue weighted by Gasteiger charge is 2.42. The zero-order valence-electron chi connectivity index (χ0n) is 13.2. The van der Waals surface area contributed by atoms with Crippen LogP contribution in [0, 0.1) is 6.92 Å². The molecule has 0 amide bonds. The quantitative estimate of drug-likeness (QED) is 0.901. The van der Waals surface area contributed by atoms with Crippen LogP contribution < -0.4 is 4.72 Å². The van der Waals surface area contributed by atoms with Crippen molar-refractivity contribution < 1.29 is 8.42 Å². The lowest BCUT2D eigenvalue weighted by Gasteiger charge is -2.46. The van der Waals surface area contributed by atoms with E-state index in [1.807, 2.05) is 6.92 Å². The van der Waals surface area contributed by atoms with Crippen LogP contribution in [0.1, 0.15) is 44.1 Å². The number of hydrogen-bond donors (Lipinski definition) is 1. The predicted octanol–water partition coefficient (Wildman–Crippen LogP) is 2.08. The van der Waals surface area contributed by atoms with Crippen LogP contribution in [0.2, 0.25) is 0 Å². The highest BCUT2D eigenvalue weighted by Crippen LogP contribution is 2.35. The van der Waals surface area contributed by atoms with Gasteiger partial charge in [-0.05, 0) is 63.7 Å². The molecule has 6 heteroatoms. The fraction of sp³-hybridized carbons (Fsp3) is 0.688. The zero-order valence-corrected chi connectivity index (χ0v) is 14.0. The van der Waals surface area contributed by atoms with Crippen molar-refractivity contribution in [1.82, 2.24) is 14.6 Å². The van der Waals surface area contributed by atoms with E-state index in [0.29, 0.717) is 0 Å². The third kappa shape index (κ3) is 3.50. The Kier molecular flexibility index (Phi) is 4.52. The summed E-state index contributed by atoms with van der Waals surface area (Å²) in [4.78, 5) is 6.70. The van der Waals surface area contributed by atoms with E-state index in [0.717, 1.165) is 44.5 Å². The molecule has 0 unspecified atom stereocenters. The molecule has 1 aromatic heterocycles. The van der Waals surface area contributed by atoms with Crippen LogP contribution >= 0.6 is 0 Å². The molecular weight excluding hydrogens is 298 g/mol. The molecule has 0 bridgehead atoms. The van der Waals surface area contributed by atoms with Gasteiger partial charge >= 0.3 is 0 Å². The molecule has 1 saturated heterocycles. The number of aryl methyl sites for hydroxylation is 1. The lowest BCUT2D eigenvalue weighted by atomic mass is 9.77. The summed E-state index contributed by atoms with van der Waals surface area (Å²) >= 11 is 0. The zero-order chi connectivity index (χ0) is 15.6. The van der Waals surface area contributed by atoms with Crippen LogP contribution in [0.5, 0.6) is 0 Å². The molecule has 0 aromatic carbocycles. The average molecular weight is 323 g/mol. The van der Waals surface area contributed by atoms with Crippen molar-refractivity contribution in [3.8, 4) is 0 Å². The van der Waals surface area contributed by atoms with Crippen LogP contribution in [0.25, 0.3) is 0 Å². The molecule has 1 N–H and O–H groups in total. The fourth-order valence-corrected chi connectivity index (χ4v) is 4.96. The largest absolute Gasteiger partial charge is 0.301 e. The first-order chi connectivity index (χ1) is 10.5. The second kappa shape index (κ2) is 6.26. The molecule has 2 fully saturated rings. The number of piperidine rings is 1. The Hall–Kier alpha value is -0.980. The van der Waals surface area contributed by atoms with E-state index in [2.05, 4.69) is 14.6 Å². The van der Waals surface area contributed by atoms with Gasteiger partial charge in [-0.1, -0.05) is 6.42 Å². The molecule has 0 radical (unpaired) electrons. The van der Waals surface area contributed by atoms with Gasteiger partial charge in [0.1, 0.15) is 4.90 Å². The van der Waals surface area contributed by atoms with Gasteiger partial charge in [0.15, 0.2) is 0 Å². The molecule has 2 heterocycles. The monoisotopic (exact) mass is 323 g/mol. The summed E-state index contributed by atoms with van der Waals surface area (Å²) in [5, 5.41) is 0. The number of aromatic nitrogens is 1. The van der Waals surface area contributed by atoms with Gasteiger partial charge < -0.3 is 4.90 Å². The van der Waals surface area contributed by atoms with E-state index < -0.39 is 10.0 Å². The van der Waals surface area contributed by atoms with E-state index in [4.69, 9.17) is 0 Å². The normalized spacial score (nSPS) is 22.2. The van der Waals surface area contributed by atoms with Gasteiger partial charge in [-0.2, -0.15) is 0 Å². The van der Waals surface area contributed by atoms with E-state index in [9.17, 15) is 8.42 Å². The summed E-state index contributed by atoms with van der Waals surface area (Å²) < 4.78 is 28.3. The number of sulfonamides is 1. The van der Waals surface area contributed by atoms with Crippen LogP contribution in [0.3, 0.4) is 0 Å². The van der Waals surface area contributed by atoms with E-state index >= 15 is 0 Å². The van der Waals surface area contributed by atoms with Crippen molar-refractivity contribution in [3.63, 3.8) is 0 Å². The van der Waals surface area contributed by atoms with Crippen molar-refractivity contribution >= 4 is 10.0 Å². The molecule has 0 spiro atoms. The van der Waals surface area contributed by atoms with Gasteiger partial charge in [0.05, 0.1) is 0 Å². The number of rotatable bonds is 5. The number of likely N-dealkylation sites (tertiary alicyclic amines) is 1. The lowest BCUT2D eigenvalue weighted by Crippen LogP contribution is -2.60. The summed E-state index contributed by atoms with van der Waals surface area (Å²) in [6.45, 7) is 4.88. The Morgan fingerprint density at radius 1 is 1.18 bits per heavy atom. The average Bonchev–Trinajstić information content (AvgIpc) is 2.46. The van der Waals surface area contributed by atoms with Crippen molar-refractivity contribution in [3.05, 3.63) is 24.0 Å². The molecule has 22 heavy (non-hydrogen) atoms. The molecule has 1 aliphatic carbocycles. The first-order valence-corrected chi connectivity index (χ1v) is 9.66. The highest BCUT2D eigenvalue weighted by molar-refractivity contribution is 7.89. The van der Waals surface area contributed by atoms with Gasteiger partial charge in [-0.3, -0.25) is 4.98 Å². The Morgan fingerprint density at radius 2 is 1.91 bits per heavy atom. The summed E-state index contributed by atoms with van der Waals surface area (Å²) in [6, 6.07) is 1.68. The number of hydrogen-bond acceptors (Lipinski definition) is 4. The lowest BCUT2D eigenvalue weighted by molar-refractivity contribution is 0.115. The number of nitrogens with one attached hydrogen (secondary N) is 1. The minimum Gasteiger partial charge on any atom is -0.301 e. The smallest absolute Gasteiger partial charge is 0.242 e. The Labute approximate surface area is 133 Å². The SMILES string of the molecule is Cc1cncc(S(=O)(=O)NC2(CN3CCCCC3)CCC2)c1. The molecule has 122 valence electrons. The molecule has 5 nitrogen and oxygen atoms in total. The molecule has 1 aliphatic heterocycles. The number of pyridine rings is 1. The van der Waals surface area contributed by atoms with Crippen LogP contribution in [0.15, 0.2) is 23.4 Å². The maximum atomic E-state index is 12.7. The fourth-order valence-electron chi connectivity index (χ4n) is 3.46. The molecular formula is C16H25N3O2S. The van der Waals surface area contributed by atoms with Crippen molar-refractivity contribution in [2.75, 3.05) is 19.6 Å². The second-order valence-corrected chi connectivity index (χ2v) is 8.46. The van der Waals surface area contributed by atoms with E-state index in [1.165, 1.54) is 25.5 Å². The third-order valence-electron chi connectivity index (χ3n) is 4.80. The van der Waals surface area contributed by atoms with Gasteiger partial charge in [0.25, 0.3) is 0 Å². The molecule has 1 saturated carbocycles. The standard InChI is InChI=1S/C16H25N3O2S/c1-14-10-15(12-17-11-14)22(20,21)18-16(6-5-7-16)13-19-8-3-2-4-9-19/h10-12,18H,2-9,13H2,1H3. The Bertz CT molecular complexity index is 620. The first-order valence-electron chi connectivity index (χ1n) is 8.17. The number of nitrogens with zero attached hydrogens (tertiary/aromatic N) is 2. The summed E-state index contributed by atoms with van der Waals surface area (Å²) in [5.41, 5.74) is 0.585. The predicted molar refractivity (Wildman–Crippen MR) is 86.2 cm³/mol. The molecule has 1 aromatic rings. The van der Waals surface area contributed by atoms with Crippen molar-refractivity contribution in [2.45, 2.75) is 55.9 Å². The van der Waals surface area contributed by atoms with Crippen molar-refractivity contribution in [1.29, 1.82) is 0 Å². The van der Waals surface area contributed by atoms with E-state index in [1.54, 1.807) is 12.3 Å². The van der Waals surface area contributed by atoms with Crippen molar-refractivity contribution in [2.24, 2.45) is 0 Å². The van der Waals surface area contributed by atoms with Gasteiger partial charge in [0, 0.05) is 24.5 Å². The highest BCUT2D eigenvalue weighted by atomic mass is 32.2. The van der Waals surface area contributed by atoms with Crippen LogP contribution in [-0.4, -0.2) is 43.5 Å². The molecule has 0 atom stereocenters. The molecule has 3 rings (SSSR count). The minimum absolute atomic E-state index is 0.275. The summed E-state index contributed by atoms with van der Waals surface area (Å²) in [7, 11) is -3.49. The molecule has 2 aliphatic rings. The summed E-state index contributed by atoms with van der Waals surface area (Å²) in [6.07, 6.45) is 9.82. The maximum Gasteiger partial charge on any atom is 0.242 e. The summed E-state index contributed by atoms with van der Waals surface area (Å²) in [5.74, 6) is 0. The topological polar surface area (TPSA) is 62.3 Å². The maximum absolute atomic E-state index is 12.7. The van der Waals surface area contributed by atoms with Gasteiger partial charge in [-0.15, -0.1) is 0 Å². The van der Waals surface area contributed by atoms with Crippen LogP contribution in [-0.2, 0) is 10.0 Å². The minimum atomic E-state index is -3.49.